The van der Waals surface area contributed by atoms with Crippen molar-refractivity contribution in [2.45, 2.75) is 13.3 Å². The zero-order valence-electron chi connectivity index (χ0n) is 33.0. The van der Waals surface area contributed by atoms with Crippen LogP contribution in [0, 0.1) is 0 Å². The highest BCUT2D eigenvalue weighted by Gasteiger charge is 2.16. The summed E-state index contributed by atoms with van der Waals surface area (Å²) >= 11 is 0. The number of nitrogens with zero attached hydrogens (tertiary/aromatic N) is 2. The van der Waals surface area contributed by atoms with Gasteiger partial charge < -0.3 is 0 Å². The Morgan fingerprint density at radius 2 is 1.03 bits per heavy atom. The summed E-state index contributed by atoms with van der Waals surface area (Å²) in [6.07, 6.45) is 9.61. The Labute approximate surface area is 346 Å². The molecule has 2 heteroatoms. The summed E-state index contributed by atoms with van der Waals surface area (Å²) in [5.41, 5.74) is 16.7. The predicted octanol–water partition coefficient (Wildman–Crippen LogP) is 15.0. The summed E-state index contributed by atoms with van der Waals surface area (Å²) in [6, 6.07) is 66.4. The maximum Gasteiger partial charge on any atom is 0.160 e. The van der Waals surface area contributed by atoms with E-state index in [1.807, 2.05) is 6.07 Å². The number of hydrogen-bond acceptors (Lipinski definition) is 1. The molecule has 0 heterocycles. The second-order valence-electron chi connectivity index (χ2n) is 14.7. The molecule has 0 saturated heterocycles. The molecular formula is C57H42N2. The fraction of sp³-hybridized carbons (Fsp3) is 0.0351. The molecule has 0 fully saturated rings. The topological polar surface area (TPSA) is 24.7 Å². The Balaban J connectivity index is 1.24. The van der Waals surface area contributed by atoms with E-state index in [2.05, 4.69) is 226 Å². The number of benzene rings is 8. The molecule has 0 aromatic heterocycles. The van der Waals surface area contributed by atoms with Crippen LogP contribution in [0.1, 0.15) is 30.0 Å². The van der Waals surface area contributed by atoms with Crippen LogP contribution in [-0.2, 0) is 0 Å². The maximum atomic E-state index is 5.41. The Bertz CT molecular complexity index is 2940. The zero-order chi connectivity index (χ0) is 40.0. The molecule has 8 aromatic rings. The molecule has 0 aliphatic heterocycles. The normalized spacial score (nSPS) is 13.1. The van der Waals surface area contributed by atoms with E-state index < -0.39 is 0 Å². The van der Waals surface area contributed by atoms with Crippen LogP contribution in [0.2, 0.25) is 0 Å². The molecule has 1 aliphatic carbocycles. The summed E-state index contributed by atoms with van der Waals surface area (Å²) in [5, 5.41) is 4.76. The van der Waals surface area contributed by atoms with Gasteiger partial charge in [0.05, 0.1) is 0 Å². The molecule has 9 rings (SSSR count). The van der Waals surface area contributed by atoms with Crippen molar-refractivity contribution in [2.75, 3.05) is 0 Å². The molecule has 2 nitrogen and oxygen atoms in total. The molecule has 8 aromatic carbocycles. The molecule has 0 atom stereocenters. The highest BCUT2D eigenvalue weighted by atomic mass is 14.9. The van der Waals surface area contributed by atoms with Crippen LogP contribution in [0.4, 0.5) is 0 Å². The van der Waals surface area contributed by atoms with Crippen molar-refractivity contribution in [3.8, 4) is 33.4 Å². The number of rotatable bonds is 8. The first-order chi connectivity index (χ1) is 29.1. The second kappa shape index (κ2) is 16.8. The van der Waals surface area contributed by atoms with Gasteiger partial charge in [-0.3, -0.25) is 0 Å². The Morgan fingerprint density at radius 1 is 0.492 bits per heavy atom. The van der Waals surface area contributed by atoms with E-state index in [0.29, 0.717) is 11.5 Å². The highest BCUT2D eigenvalue weighted by Crippen LogP contribution is 2.36. The molecule has 0 unspecified atom stereocenters. The van der Waals surface area contributed by atoms with Crippen LogP contribution in [0.25, 0.3) is 66.2 Å². The summed E-state index contributed by atoms with van der Waals surface area (Å²) in [4.78, 5) is 10.8. The first kappa shape index (κ1) is 37.0. The molecule has 0 N–H and O–H groups in total. The number of allylic oxidation sites excluding steroid dienone is 6. The number of fused-ring (bicyclic) bond motifs is 2. The standard InChI is InChI=1S/C57H42N2/c1-3-56(48-35-33-45(34-36-48)43-19-8-5-9-20-43)59-57(58-40(2)41-23-14-24-44(32-31-41)42-17-6-4-7-18-42)51-38-49(54-29-15-25-46-21-10-12-27-52(46)54)37-50(39-51)55-30-16-26-47-22-11-13-28-53(47)55/h4-23,25-39H,1,24H2,2H3. The summed E-state index contributed by atoms with van der Waals surface area (Å²) in [5.74, 6) is 0.579. The van der Waals surface area contributed by atoms with Gasteiger partial charge in [0.1, 0.15) is 5.70 Å². The first-order valence-corrected chi connectivity index (χ1v) is 20.1. The van der Waals surface area contributed by atoms with E-state index in [1.165, 1.54) is 32.7 Å². The van der Waals surface area contributed by atoms with Crippen molar-refractivity contribution in [2.24, 2.45) is 9.98 Å². The minimum absolute atomic E-state index is 0.579. The van der Waals surface area contributed by atoms with E-state index in [1.54, 1.807) is 0 Å². The van der Waals surface area contributed by atoms with Crippen LogP contribution in [0.5, 0.6) is 0 Å². The van der Waals surface area contributed by atoms with Crippen LogP contribution in [0.3, 0.4) is 0 Å². The quantitative estimate of drug-likeness (QED) is 0.0838. The van der Waals surface area contributed by atoms with Crippen molar-refractivity contribution < 1.29 is 0 Å². The molecule has 0 bridgehead atoms. The van der Waals surface area contributed by atoms with Gasteiger partial charge in [0.2, 0.25) is 0 Å². The number of amidine groups is 1. The van der Waals surface area contributed by atoms with Gasteiger partial charge in [-0.15, -0.1) is 5.73 Å². The minimum atomic E-state index is 0.579. The van der Waals surface area contributed by atoms with Gasteiger partial charge in [0.15, 0.2) is 5.84 Å². The van der Waals surface area contributed by atoms with Crippen LogP contribution >= 0.6 is 0 Å². The zero-order valence-corrected chi connectivity index (χ0v) is 33.0. The van der Waals surface area contributed by atoms with Crippen LogP contribution in [-0.4, -0.2) is 11.5 Å². The summed E-state index contributed by atoms with van der Waals surface area (Å²) < 4.78 is 0. The second-order valence-corrected chi connectivity index (χ2v) is 14.7. The maximum absolute atomic E-state index is 5.41. The molecule has 0 radical (unpaired) electrons. The van der Waals surface area contributed by atoms with Gasteiger partial charge in [-0.1, -0.05) is 201 Å². The molecule has 0 saturated carbocycles. The third kappa shape index (κ3) is 8.00. The molecule has 280 valence electrons. The van der Waals surface area contributed by atoms with Gasteiger partial charge >= 0.3 is 0 Å². The van der Waals surface area contributed by atoms with E-state index in [0.717, 1.165) is 62.2 Å². The monoisotopic (exact) mass is 754 g/mol. The Hall–Kier alpha value is -7.64. The largest absolute Gasteiger partial charge is 0.233 e. The Kier molecular flexibility index (Phi) is 10.6. The predicted molar refractivity (Wildman–Crippen MR) is 253 cm³/mol. The highest BCUT2D eigenvalue weighted by molar-refractivity contribution is 6.15. The summed E-state index contributed by atoms with van der Waals surface area (Å²) in [7, 11) is 0. The van der Waals surface area contributed by atoms with E-state index >= 15 is 0 Å². The van der Waals surface area contributed by atoms with E-state index in [4.69, 9.17) is 9.98 Å². The average Bonchev–Trinajstić information content (AvgIpc) is 3.57. The van der Waals surface area contributed by atoms with E-state index in [9.17, 15) is 0 Å². The molecular weight excluding hydrogens is 713 g/mol. The average molecular weight is 755 g/mol. The smallest absolute Gasteiger partial charge is 0.160 e. The lowest BCUT2D eigenvalue weighted by Crippen LogP contribution is -2.05. The van der Waals surface area contributed by atoms with Crippen molar-refractivity contribution in [1.29, 1.82) is 0 Å². The number of hydrogen-bond donors (Lipinski definition) is 0. The van der Waals surface area contributed by atoms with Crippen molar-refractivity contribution in [3.05, 3.63) is 247 Å². The third-order valence-electron chi connectivity index (χ3n) is 11.0. The lowest BCUT2D eigenvalue weighted by Gasteiger charge is -2.15. The third-order valence-corrected chi connectivity index (χ3v) is 11.0. The van der Waals surface area contributed by atoms with Crippen LogP contribution in [0.15, 0.2) is 240 Å². The lowest BCUT2D eigenvalue weighted by atomic mass is 9.91. The summed E-state index contributed by atoms with van der Waals surface area (Å²) in [6.45, 7) is 6.20. The molecule has 0 amide bonds. The van der Waals surface area contributed by atoms with Gasteiger partial charge in [-0.05, 0) is 103 Å². The van der Waals surface area contributed by atoms with Crippen molar-refractivity contribution in [1.82, 2.24) is 0 Å². The van der Waals surface area contributed by atoms with Gasteiger partial charge in [-0.25, -0.2) is 9.98 Å². The minimum Gasteiger partial charge on any atom is -0.233 e. The van der Waals surface area contributed by atoms with Gasteiger partial charge in [0, 0.05) is 16.8 Å². The fourth-order valence-corrected chi connectivity index (χ4v) is 7.90. The molecule has 1 aliphatic rings. The molecule has 0 spiro atoms. The lowest BCUT2D eigenvalue weighted by molar-refractivity contribution is 1.39. The fourth-order valence-electron chi connectivity index (χ4n) is 7.90. The number of aliphatic imine (C=N–C) groups is 2. The molecule has 59 heavy (non-hydrogen) atoms. The van der Waals surface area contributed by atoms with Crippen molar-refractivity contribution >= 4 is 44.4 Å². The van der Waals surface area contributed by atoms with Gasteiger partial charge in [-0.2, -0.15) is 0 Å². The van der Waals surface area contributed by atoms with E-state index in [-0.39, 0.29) is 0 Å². The van der Waals surface area contributed by atoms with Gasteiger partial charge in [0.25, 0.3) is 0 Å². The Morgan fingerprint density at radius 3 is 1.64 bits per heavy atom. The SMILES string of the molecule is C=C=C(N=C(N=C(C)C1=CC=C(c2ccccc2)CC=C1)c1cc(-c2cccc3ccccc23)cc(-c2cccc3ccccc23)c1)c1ccc(-c2ccccc2)cc1. The van der Waals surface area contributed by atoms with Crippen LogP contribution < -0.4 is 0 Å². The first-order valence-electron chi connectivity index (χ1n) is 20.1. The van der Waals surface area contributed by atoms with Crippen molar-refractivity contribution in [3.63, 3.8) is 0 Å².